The number of carbonyl (C=O) groups excluding carboxylic acids is 2. The van der Waals surface area contributed by atoms with Crippen LogP contribution in [-0.2, 0) is 10.5 Å². The Morgan fingerprint density at radius 2 is 1.87 bits per heavy atom. The SMILES string of the molecule is CCCCOc1ccc(C2C(C(=O)c3ccc(C)o3)=C(O)C(=O)N2c2nnc(SCc3ccccc3)s2)cc1. The summed E-state index contributed by atoms with van der Waals surface area (Å²) in [7, 11) is 0. The zero-order valence-corrected chi connectivity index (χ0v) is 23.1. The lowest BCUT2D eigenvalue weighted by atomic mass is 9.95. The number of ketones is 1. The third-order valence-electron chi connectivity index (χ3n) is 6.19. The lowest BCUT2D eigenvalue weighted by molar-refractivity contribution is -0.117. The van der Waals surface area contributed by atoms with Crippen molar-refractivity contribution in [1.82, 2.24) is 10.2 Å². The molecule has 1 N–H and O–H groups in total. The number of Topliss-reactive ketones (excluding diaryl/α,β-unsaturated/α-hetero) is 1. The van der Waals surface area contributed by atoms with Crippen LogP contribution < -0.4 is 9.64 Å². The maximum atomic E-state index is 13.5. The second kappa shape index (κ2) is 11.9. The summed E-state index contributed by atoms with van der Waals surface area (Å²) >= 11 is 2.74. The van der Waals surface area contributed by atoms with Gasteiger partial charge in [-0.1, -0.05) is 78.9 Å². The average Bonchev–Trinajstić information content (AvgIpc) is 3.67. The summed E-state index contributed by atoms with van der Waals surface area (Å²) in [6.07, 6.45) is 1.96. The second-order valence-electron chi connectivity index (χ2n) is 8.98. The Kier molecular flexibility index (Phi) is 8.13. The zero-order chi connectivity index (χ0) is 27.4. The molecule has 2 aromatic carbocycles. The van der Waals surface area contributed by atoms with Crippen LogP contribution in [0.25, 0.3) is 0 Å². The van der Waals surface area contributed by atoms with Gasteiger partial charge in [-0.25, -0.2) is 0 Å². The Labute approximate surface area is 234 Å². The molecule has 0 spiro atoms. The minimum Gasteiger partial charge on any atom is -0.503 e. The first kappa shape index (κ1) is 26.7. The van der Waals surface area contributed by atoms with E-state index < -0.39 is 23.5 Å². The Balaban J connectivity index is 1.47. The van der Waals surface area contributed by atoms with Crippen molar-refractivity contribution >= 4 is 39.9 Å². The molecule has 0 radical (unpaired) electrons. The number of aryl methyl sites for hydroxylation is 1. The molecule has 1 aliphatic heterocycles. The molecule has 1 aliphatic rings. The average molecular weight is 562 g/mol. The molecule has 3 heterocycles. The number of ether oxygens (including phenoxy) is 1. The maximum Gasteiger partial charge on any atom is 0.296 e. The normalized spacial score (nSPS) is 15.3. The number of hydrogen-bond donors (Lipinski definition) is 1. The number of nitrogens with zero attached hydrogens (tertiary/aromatic N) is 3. The molecule has 8 nitrogen and oxygen atoms in total. The molecule has 1 atom stereocenters. The first-order chi connectivity index (χ1) is 19.0. The fourth-order valence-corrected chi connectivity index (χ4v) is 6.02. The van der Waals surface area contributed by atoms with E-state index in [1.165, 1.54) is 34.1 Å². The van der Waals surface area contributed by atoms with Gasteiger partial charge in [-0.2, -0.15) is 0 Å². The van der Waals surface area contributed by atoms with Gasteiger partial charge in [0.2, 0.25) is 10.9 Å². The van der Waals surface area contributed by atoms with E-state index in [2.05, 4.69) is 17.1 Å². The lowest BCUT2D eigenvalue weighted by Gasteiger charge is -2.24. The Hall–Kier alpha value is -3.89. The fourth-order valence-electron chi connectivity index (χ4n) is 4.20. The van der Waals surface area contributed by atoms with Crippen LogP contribution in [0.4, 0.5) is 5.13 Å². The van der Waals surface area contributed by atoms with Crippen LogP contribution in [-0.4, -0.2) is 33.6 Å². The number of aliphatic hydroxyl groups is 1. The number of unbranched alkanes of at least 4 members (excludes halogenated alkanes) is 1. The van der Waals surface area contributed by atoms with Gasteiger partial charge in [-0.15, -0.1) is 10.2 Å². The first-order valence-corrected chi connectivity index (χ1v) is 14.4. The standard InChI is InChI=1S/C29H27N3O5S2/c1-3-4-16-36-21-13-11-20(12-14-21)24-23(25(33)22-15-10-18(2)37-22)26(34)27(35)32(24)28-30-31-29(39-28)38-17-19-8-6-5-7-9-19/h5-15,24,34H,3-4,16-17H2,1-2H3. The summed E-state index contributed by atoms with van der Waals surface area (Å²) in [6, 6.07) is 19.4. The fraction of sp³-hybridized carbons (Fsp3) is 0.241. The summed E-state index contributed by atoms with van der Waals surface area (Å²) in [6.45, 7) is 4.41. The highest BCUT2D eigenvalue weighted by Crippen LogP contribution is 2.44. The Morgan fingerprint density at radius 1 is 1.10 bits per heavy atom. The molecule has 1 amide bonds. The van der Waals surface area contributed by atoms with Crippen LogP contribution in [0.1, 0.15) is 53.2 Å². The summed E-state index contributed by atoms with van der Waals surface area (Å²) < 4.78 is 12.0. The molecule has 0 bridgehead atoms. The lowest BCUT2D eigenvalue weighted by Crippen LogP contribution is -2.31. The number of hydrogen-bond acceptors (Lipinski definition) is 9. The van der Waals surface area contributed by atoms with E-state index in [4.69, 9.17) is 9.15 Å². The van der Waals surface area contributed by atoms with E-state index in [1.54, 1.807) is 37.3 Å². The van der Waals surface area contributed by atoms with Crippen LogP contribution in [0.15, 0.2) is 86.8 Å². The molecule has 10 heteroatoms. The molecule has 39 heavy (non-hydrogen) atoms. The number of furan rings is 1. The van der Waals surface area contributed by atoms with Crippen molar-refractivity contribution in [1.29, 1.82) is 0 Å². The summed E-state index contributed by atoms with van der Waals surface area (Å²) in [5, 5.41) is 19.8. The minimum atomic E-state index is -0.917. The first-order valence-electron chi connectivity index (χ1n) is 12.6. The highest BCUT2D eigenvalue weighted by Gasteiger charge is 2.46. The molecular weight excluding hydrogens is 534 g/mol. The summed E-state index contributed by atoms with van der Waals surface area (Å²) in [5.74, 6) is 0.0618. The van der Waals surface area contributed by atoms with Crippen LogP contribution >= 0.6 is 23.1 Å². The van der Waals surface area contributed by atoms with E-state index in [-0.39, 0.29) is 16.5 Å². The topological polar surface area (TPSA) is 106 Å². The highest BCUT2D eigenvalue weighted by molar-refractivity contribution is 8.00. The number of rotatable bonds is 11. The van der Waals surface area contributed by atoms with Crippen molar-refractivity contribution in [2.45, 2.75) is 42.8 Å². The number of carbonyl (C=O) groups is 2. The minimum absolute atomic E-state index is 0.0459. The van der Waals surface area contributed by atoms with E-state index in [0.717, 1.165) is 18.4 Å². The molecule has 0 fully saturated rings. The van der Waals surface area contributed by atoms with Crippen molar-refractivity contribution in [3.05, 3.63) is 101 Å². The molecule has 4 aromatic rings. The third-order valence-corrected chi connectivity index (χ3v) is 8.31. The van der Waals surface area contributed by atoms with Crippen molar-refractivity contribution < 1.29 is 23.8 Å². The van der Waals surface area contributed by atoms with Gasteiger partial charge in [-0.3, -0.25) is 14.5 Å². The highest BCUT2D eigenvalue weighted by atomic mass is 32.2. The maximum absolute atomic E-state index is 13.5. The van der Waals surface area contributed by atoms with Crippen LogP contribution in [0.3, 0.4) is 0 Å². The Bertz CT molecular complexity index is 1490. The molecule has 5 rings (SSSR count). The predicted octanol–water partition coefficient (Wildman–Crippen LogP) is 6.69. The number of anilines is 1. The van der Waals surface area contributed by atoms with E-state index >= 15 is 0 Å². The second-order valence-corrected chi connectivity index (χ2v) is 11.2. The molecule has 0 saturated carbocycles. The van der Waals surface area contributed by atoms with Gasteiger partial charge in [0.25, 0.3) is 5.91 Å². The molecule has 0 saturated heterocycles. The van der Waals surface area contributed by atoms with Crippen LogP contribution in [0.5, 0.6) is 5.75 Å². The van der Waals surface area contributed by atoms with Crippen LogP contribution in [0, 0.1) is 6.92 Å². The van der Waals surface area contributed by atoms with E-state index in [1.807, 2.05) is 30.3 Å². The van der Waals surface area contributed by atoms with E-state index in [9.17, 15) is 14.7 Å². The molecule has 0 aliphatic carbocycles. The molecule has 2 aromatic heterocycles. The number of aromatic nitrogens is 2. The van der Waals surface area contributed by atoms with Gasteiger partial charge in [0.05, 0.1) is 18.2 Å². The molecular formula is C29H27N3O5S2. The van der Waals surface area contributed by atoms with Gasteiger partial charge in [0, 0.05) is 5.75 Å². The van der Waals surface area contributed by atoms with Gasteiger partial charge in [0.15, 0.2) is 15.9 Å². The van der Waals surface area contributed by atoms with Crippen molar-refractivity contribution in [3.8, 4) is 5.75 Å². The van der Waals surface area contributed by atoms with Gasteiger partial charge >= 0.3 is 0 Å². The Morgan fingerprint density at radius 3 is 2.56 bits per heavy atom. The number of aliphatic hydroxyl groups excluding tert-OH is 1. The molecule has 1 unspecified atom stereocenters. The van der Waals surface area contributed by atoms with Crippen molar-refractivity contribution in [2.75, 3.05) is 11.5 Å². The number of amides is 1. The van der Waals surface area contributed by atoms with E-state index in [0.29, 0.717) is 33.8 Å². The van der Waals surface area contributed by atoms with Gasteiger partial charge in [0.1, 0.15) is 11.5 Å². The monoisotopic (exact) mass is 561 g/mol. The van der Waals surface area contributed by atoms with Gasteiger partial charge < -0.3 is 14.3 Å². The van der Waals surface area contributed by atoms with Crippen molar-refractivity contribution in [2.24, 2.45) is 0 Å². The number of benzene rings is 2. The largest absolute Gasteiger partial charge is 0.503 e. The molecule has 200 valence electrons. The van der Waals surface area contributed by atoms with Crippen LogP contribution in [0.2, 0.25) is 0 Å². The summed E-state index contributed by atoms with van der Waals surface area (Å²) in [5.41, 5.74) is 1.69. The van der Waals surface area contributed by atoms with Gasteiger partial charge in [-0.05, 0) is 48.7 Å². The number of thioether (sulfide) groups is 1. The quantitative estimate of drug-likeness (QED) is 0.0934. The predicted molar refractivity (Wildman–Crippen MR) is 150 cm³/mol. The summed E-state index contributed by atoms with van der Waals surface area (Å²) in [4.78, 5) is 28.3. The third kappa shape index (κ3) is 5.76. The zero-order valence-electron chi connectivity index (χ0n) is 21.5. The van der Waals surface area contributed by atoms with Crippen molar-refractivity contribution in [3.63, 3.8) is 0 Å². The smallest absolute Gasteiger partial charge is 0.296 e.